The van der Waals surface area contributed by atoms with Crippen molar-refractivity contribution in [3.8, 4) is 0 Å². The number of aromatic nitrogens is 2. The van der Waals surface area contributed by atoms with Crippen molar-refractivity contribution in [2.24, 2.45) is 18.4 Å². The van der Waals surface area contributed by atoms with E-state index in [1.54, 1.807) is 13.1 Å². The summed E-state index contributed by atoms with van der Waals surface area (Å²) in [7, 11) is 1.67. The molecule has 1 aliphatic rings. The Morgan fingerprint density at radius 2 is 1.97 bits per heavy atom. The molecule has 0 bridgehead atoms. The number of rotatable bonds is 5. The minimum atomic E-state index is -0.551. The lowest BCUT2D eigenvalue weighted by molar-refractivity contribution is -0.384. The maximum atomic E-state index is 13.5. The summed E-state index contributed by atoms with van der Waals surface area (Å²) in [6.07, 6.45) is 3.95. The van der Waals surface area contributed by atoms with E-state index in [0.717, 1.165) is 23.3 Å². The molecule has 2 aromatic heterocycles. The van der Waals surface area contributed by atoms with Gasteiger partial charge in [0.15, 0.2) is 0 Å². The van der Waals surface area contributed by atoms with E-state index in [0.29, 0.717) is 28.6 Å². The summed E-state index contributed by atoms with van der Waals surface area (Å²) in [5, 5.41) is 21.5. The topological polar surface area (TPSA) is 119 Å². The highest BCUT2D eigenvalue weighted by molar-refractivity contribution is 7.17. The summed E-state index contributed by atoms with van der Waals surface area (Å²) in [4.78, 5) is 38.2. The number of hydrogen-bond acceptors (Lipinski definition) is 6. The van der Waals surface area contributed by atoms with Crippen LogP contribution >= 0.6 is 22.9 Å². The van der Waals surface area contributed by atoms with Gasteiger partial charge in [-0.15, -0.1) is 11.3 Å². The van der Waals surface area contributed by atoms with Crippen molar-refractivity contribution in [1.29, 1.82) is 0 Å². The molecule has 0 fully saturated rings. The van der Waals surface area contributed by atoms with Gasteiger partial charge in [-0.1, -0.05) is 32.4 Å². The lowest BCUT2D eigenvalue weighted by atomic mass is 9.72. The molecule has 1 atom stereocenters. The van der Waals surface area contributed by atoms with Crippen LogP contribution in [0.2, 0.25) is 5.02 Å². The van der Waals surface area contributed by atoms with Crippen LogP contribution in [0.5, 0.6) is 0 Å². The van der Waals surface area contributed by atoms with E-state index in [2.05, 4.69) is 36.5 Å². The molecule has 0 saturated carbocycles. The number of non-ortho nitro benzene ring substituents is 1. The van der Waals surface area contributed by atoms with Crippen LogP contribution < -0.4 is 10.6 Å². The average Bonchev–Trinajstić information content (AvgIpc) is 3.36. The number of nitro benzene ring substituents is 1. The number of amides is 2. The summed E-state index contributed by atoms with van der Waals surface area (Å²) in [5.74, 6) is -0.408. The molecular weight excluding hydrogens is 490 g/mol. The fourth-order valence-corrected chi connectivity index (χ4v) is 5.81. The molecular formula is C24H26ClN5O4S. The first-order valence-electron chi connectivity index (χ1n) is 11.1. The Kier molecular flexibility index (Phi) is 6.70. The number of nitro groups is 1. The quantitative estimate of drug-likeness (QED) is 0.333. The third-order valence-electron chi connectivity index (χ3n) is 6.41. The Bertz CT molecular complexity index is 1320. The number of carbonyl (C=O) groups excluding carboxylic acids is 2. The van der Waals surface area contributed by atoms with E-state index in [1.165, 1.54) is 40.4 Å². The van der Waals surface area contributed by atoms with Crippen molar-refractivity contribution in [3.63, 3.8) is 0 Å². The molecule has 0 saturated heterocycles. The van der Waals surface area contributed by atoms with Crippen LogP contribution in [0.15, 0.2) is 30.5 Å². The zero-order valence-corrected chi connectivity index (χ0v) is 21.4. The summed E-state index contributed by atoms with van der Waals surface area (Å²) >= 11 is 7.61. The lowest BCUT2D eigenvalue weighted by Gasteiger charge is -2.33. The summed E-state index contributed by atoms with van der Waals surface area (Å²) in [6.45, 7) is 6.62. The molecule has 11 heteroatoms. The number of halogens is 1. The summed E-state index contributed by atoms with van der Waals surface area (Å²) in [6, 6.07) is 5.47. The van der Waals surface area contributed by atoms with Crippen LogP contribution in [0.25, 0.3) is 0 Å². The van der Waals surface area contributed by atoms with Gasteiger partial charge in [0.2, 0.25) is 0 Å². The zero-order valence-electron chi connectivity index (χ0n) is 19.8. The molecule has 0 radical (unpaired) electrons. The monoisotopic (exact) mass is 515 g/mol. The van der Waals surface area contributed by atoms with Crippen molar-refractivity contribution in [3.05, 3.63) is 67.3 Å². The molecule has 2 amide bonds. The molecule has 4 rings (SSSR count). The van der Waals surface area contributed by atoms with Crippen LogP contribution in [-0.4, -0.2) is 26.5 Å². The third kappa shape index (κ3) is 5.08. The molecule has 9 nitrogen and oxygen atoms in total. The molecule has 184 valence electrons. The van der Waals surface area contributed by atoms with Crippen molar-refractivity contribution in [2.45, 2.75) is 40.0 Å². The number of aryl methyl sites for hydroxylation is 1. The van der Waals surface area contributed by atoms with E-state index >= 15 is 0 Å². The number of hydrogen-bond donors (Lipinski definition) is 2. The fraction of sp³-hybridized carbons (Fsp3) is 0.375. The highest BCUT2D eigenvalue weighted by Gasteiger charge is 2.34. The number of nitrogens with zero attached hydrogens (tertiary/aromatic N) is 3. The highest BCUT2D eigenvalue weighted by atomic mass is 35.5. The van der Waals surface area contributed by atoms with Crippen LogP contribution in [0.1, 0.15) is 58.5 Å². The van der Waals surface area contributed by atoms with Gasteiger partial charge in [0.1, 0.15) is 10.7 Å². The standard InChI is InChI=1S/C24H26ClN5O4S/c1-24(2,3)13-5-7-15-19(11-13)35-23(28-21(31)18-9-10-26-29(18)4)20(15)22(32)27-17-12-14(30(33)34)6-8-16(17)25/h6,8-10,12-13H,5,7,11H2,1-4H3,(H,27,32)(H,28,31). The van der Waals surface area contributed by atoms with Crippen LogP contribution in [0.3, 0.4) is 0 Å². The van der Waals surface area contributed by atoms with E-state index in [1.807, 2.05) is 0 Å². The Balaban J connectivity index is 1.72. The summed E-state index contributed by atoms with van der Waals surface area (Å²) < 4.78 is 1.46. The van der Waals surface area contributed by atoms with Crippen molar-refractivity contribution in [1.82, 2.24) is 9.78 Å². The zero-order chi connectivity index (χ0) is 25.5. The first-order chi connectivity index (χ1) is 16.5. The van der Waals surface area contributed by atoms with Gasteiger partial charge in [-0.2, -0.15) is 5.10 Å². The van der Waals surface area contributed by atoms with E-state index in [-0.39, 0.29) is 27.7 Å². The maximum Gasteiger partial charge on any atom is 0.274 e. The van der Waals surface area contributed by atoms with Gasteiger partial charge >= 0.3 is 0 Å². The van der Waals surface area contributed by atoms with Gasteiger partial charge < -0.3 is 10.6 Å². The van der Waals surface area contributed by atoms with Gasteiger partial charge in [0.25, 0.3) is 17.5 Å². The molecule has 0 spiro atoms. The minimum Gasteiger partial charge on any atom is -0.320 e. The van der Waals surface area contributed by atoms with Gasteiger partial charge in [0.05, 0.1) is 21.2 Å². The number of thiophene rings is 1. The van der Waals surface area contributed by atoms with Crippen molar-refractivity contribution < 1.29 is 14.5 Å². The van der Waals surface area contributed by atoms with Crippen LogP contribution in [0.4, 0.5) is 16.4 Å². The average molecular weight is 516 g/mol. The molecule has 0 aliphatic heterocycles. The Labute approximate surface area is 211 Å². The predicted octanol–water partition coefficient (Wildman–Crippen LogP) is 5.70. The van der Waals surface area contributed by atoms with Crippen LogP contribution in [0, 0.1) is 21.4 Å². The lowest BCUT2D eigenvalue weighted by Crippen LogP contribution is -2.27. The van der Waals surface area contributed by atoms with Gasteiger partial charge in [0, 0.05) is 30.3 Å². The second-order valence-corrected chi connectivity index (χ2v) is 11.2. The number of nitrogens with one attached hydrogen (secondary N) is 2. The first kappa shape index (κ1) is 24.9. The number of fused-ring (bicyclic) bond motifs is 1. The predicted molar refractivity (Wildman–Crippen MR) is 137 cm³/mol. The highest BCUT2D eigenvalue weighted by Crippen LogP contribution is 2.44. The van der Waals surface area contributed by atoms with Gasteiger partial charge in [-0.05, 0) is 48.3 Å². The van der Waals surface area contributed by atoms with E-state index in [9.17, 15) is 19.7 Å². The Morgan fingerprint density at radius 3 is 2.60 bits per heavy atom. The molecule has 2 heterocycles. The fourth-order valence-electron chi connectivity index (χ4n) is 4.32. The normalized spacial score (nSPS) is 15.4. The van der Waals surface area contributed by atoms with Gasteiger partial charge in [-0.25, -0.2) is 0 Å². The molecule has 1 aliphatic carbocycles. The summed E-state index contributed by atoms with van der Waals surface area (Å²) in [5.41, 5.74) is 1.69. The Morgan fingerprint density at radius 1 is 1.23 bits per heavy atom. The van der Waals surface area contributed by atoms with E-state index in [4.69, 9.17) is 11.6 Å². The van der Waals surface area contributed by atoms with Crippen molar-refractivity contribution in [2.75, 3.05) is 10.6 Å². The minimum absolute atomic E-state index is 0.110. The largest absolute Gasteiger partial charge is 0.320 e. The molecule has 1 aromatic carbocycles. The molecule has 35 heavy (non-hydrogen) atoms. The molecule has 3 aromatic rings. The number of anilines is 2. The van der Waals surface area contributed by atoms with E-state index < -0.39 is 10.8 Å². The smallest absolute Gasteiger partial charge is 0.274 e. The molecule has 1 unspecified atom stereocenters. The first-order valence-corrected chi connectivity index (χ1v) is 12.3. The Hall–Kier alpha value is -3.24. The van der Waals surface area contributed by atoms with Gasteiger partial charge in [-0.3, -0.25) is 24.4 Å². The maximum absolute atomic E-state index is 13.5. The van der Waals surface area contributed by atoms with Crippen LogP contribution in [-0.2, 0) is 19.9 Å². The third-order valence-corrected chi connectivity index (χ3v) is 7.91. The second kappa shape index (κ2) is 9.43. The van der Waals surface area contributed by atoms with Crippen molar-refractivity contribution >= 4 is 51.1 Å². The number of carbonyl (C=O) groups is 2. The SMILES string of the molecule is Cn1nccc1C(=O)Nc1sc2c(c1C(=O)Nc1cc([N+](=O)[O-])ccc1Cl)CCC(C(C)(C)C)C2. The second-order valence-electron chi connectivity index (χ2n) is 9.68. The number of benzene rings is 1. The molecule has 2 N–H and O–H groups in total.